The van der Waals surface area contributed by atoms with Gasteiger partial charge in [0.2, 0.25) is 5.90 Å². The number of amides is 1. The fraction of sp³-hybridized carbons (Fsp3) is 0.333. The van der Waals surface area contributed by atoms with E-state index < -0.39 is 11.7 Å². The van der Waals surface area contributed by atoms with Crippen LogP contribution in [-0.2, 0) is 4.74 Å². The zero-order valence-corrected chi connectivity index (χ0v) is 21.5. The maximum absolute atomic E-state index is 14.9. The molecule has 2 aromatic rings. The van der Waals surface area contributed by atoms with Crippen molar-refractivity contribution in [2.75, 3.05) is 39.1 Å². The summed E-state index contributed by atoms with van der Waals surface area (Å²) in [5.74, 6) is -1.10. The van der Waals surface area contributed by atoms with Gasteiger partial charge in [-0.15, -0.1) is 0 Å². The number of ether oxygens (including phenoxy) is 2. The summed E-state index contributed by atoms with van der Waals surface area (Å²) >= 11 is 11.9. The number of rotatable bonds is 8. The number of aromatic nitrogens is 1. The van der Waals surface area contributed by atoms with Crippen LogP contribution in [-0.4, -0.2) is 72.9 Å². The number of fused-ring (bicyclic) bond motifs is 1. The maximum atomic E-state index is 14.9. The predicted molar refractivity (Wildman–Crippen MR) is 137 cm³/mol. The third-order valence-corrected chi connectivity index (χ3v) is 6.05. The highest BCUT2D eigenvalue weighted by molar-refractivity contribution is 6.35. The molecule has 0 bridgehead atoms. The number of nitrogens with zero attached hydrogens (tertiary/aromatic N) is 5. The van der Waals surface area contributed by atoms with Crippen LogP contribution in [0.1, 0.15) is 23.7 Å². The minimum Gasteiger partial charge on any atom is -0.434 e. The monoisotopic (exact) mass is 534 g/mol. The highest BCUT2D eigenvalue weighted by Gasteiger charge is 2.35. The second-order valence-corrected chi connectivity index (χ2v) is 9.28. The van der Waals surface area contributed by atoms with Crippen LogP contribution in [0.4, 0.5) is 10.1 Å². The quantitative estimate of drug-likeness (QED) is 0.397. The fourth-order valence-corrected chi connectivity index (χ4v) is 4.08. The molecule has 0 radical (unpaired) electrons. The molecule has 2 aliphatic heterocycles. The first-order chi connectivity index (χ1) is 17.2. The van der Waals surface area contributed by atoms with E-state index in [0.29, 0.717) is 18.8 Å². The zero-order valence-electron chi connectivity index (χ0n) is 20.0. The number of halogens is 3. The van der Waals surface area contributed by atoms with Crippen LogP contribution < -0.4 is 10.1 Å². The van der Waals surface area contributed by atoms with Crippen molar-refractivity contribution < 1.29 is 18.7 Å². The Morgan fingerprint density at radius 2 is 2.11 bits per heavy atom. The van der Waals surface area contributed by atoms with Crippen LogP contribution in [0.25, 0.3) is 0 Å². The lowest BCUT2D eigenvalue weighted by Crippen LogP contribution is -2.28. The summed E-state index contributed by atoms with van der Waals surface area (Å²) in [5, 5.41) is 8.83. The molecule has 0 spiro atoms. The summed E-state index contributed by atoms with van der Waals surface area (Å²) in [5.41, 5.74) is 1.84. The minimum absolute atomic E-state index is 0.0148. The van der Waals surface area contributed by atoms with Gasteiger partial charge in [-0.1, -0.05) is 23.2 Å². The fourth-order valence-electron chi connectivity index (χ4n) is 3.73. The Morgan fingerprint density at radius 3 is 2.86 bits per heavy atom. The number of nitrogens with one attached hydrogen (secondary N) is 1. The van der Waals surface area contributed by atoms with E-state index in [4.69, 9.17) is 32.7 Å². The Labute approximate surface area is 218 Å². The van der Waals surface area contributed by atoms with Gasteiger partial charge in [-0.05, 0) is 57.8 Å². The second-order valence-electron chi connectivity index (χ2n) is 8.49. The van der Waals surface area contributed by atoms with Crippen molar-refractivity contribution in [3.8, 4) is 5.75 Å². The van der Waals surface area contributed by atoms with Gasteiger partial charge in [-0.3, -0.25) is 9.80 Å². The summed E-state index contributed by atoms with van der Waals surface area (Å²) in [6.45, 7) is 3.99. The Bertz CT molecular complexity index is 1250. The number of anilines is 1. The maximum Gasteiger partial charge on any atom is 0.258 e. The number of hydrogen-bond donors (Lipinski definition) is 1. The largest absolute Gasteiger partial charge is 0.434 e. The van der Waals surface area contributed by atoms with Crippen molar-refractivity contribution in [3.05, 3.63) is 63.3 Å². The lowest BCUT2D eigenvalue weighted by atomic mass is 10.2. The van der Waals surface area contributed by atoms with Crippen LogP contribution in [0.5, 0.6) is 5.75 Å². The smallest absolute Gasteiger partial charge is 0.258 e. The van der Waals surface area contributed by atoms with Crippen LogP contribution in [0.3, 0.4) is 0 Å². The van der Waals surface area contributed by atoms with Crippen molar-refractivity contribution in [1.29, 1.82) is 0 Å². The van der Waals surface area contributed by atoms with Gasteiger partial charge in [0.05, 0.1) is 17.1 Å². The molecule has 1 atom stereocenters. The van der Waals surface area contributed by atoms with E-state index in [1.807, 2.05) is 21.0 Å². The first-order valence-corrected chi connectivity index (χ1v) is 11.9. The van der Waals surface area contributed by atoms with E-state index in [1.54, 1.807) is 5.01 Å². The van der Waals surface area contributed by atoms with Crippen molar-refractivity contribution in [2.24, 2.45) is 10.1 Å². The van der Waals surface area contributed by atoms with E-state index in [1.165, 1.54) is 30.7 Å². The standard InChI is InChI=1S/C24H25Cl2FN6O3/c1-14-20(35-8-4-7-32(2)3)12-33-21(14)24(29-13-30-33)36-19-6-5-16(10-18(19)27)31-23(34)17-9-15(25)11-28-22(17)26/h5-6,9-11,13,20H,4,7-8,12H2,1-3H3,(H,31,34). The molecule has 1 aromatic carbocycles. The van der Waals surface area contributed by atoms with E-state index >= 15 is 0 Å². The number of benzene rings is 1. The van der Waals surface area contributed by atoms with Gasteiger partial charge in [-0.2, -0.15) is 10.1 Å². The van der Waals surface area contributed by atoms with Gasteiger partial charge in [0.25, 0.3) is 5.91 Å². The van der Waals surface area contributed by atoms with Gasteiger partial charge in [0.1, 0.15) is 23.3 Å². The van der Waals surface area contributed by atoms with E-state index in [0.717, 1.165) is 24.6 Å². The number of pyridine rings is 1. The molecule has 2 aliphatic rings. The molecule has 0 saturated carbocycles. The predicted octanol–water partition coefficient (Wildman–Crippen LogP) is 4.44. The molecule has 1 N–H and O–H groups in total. The number of carbonyl (C=O) groups excluding carboxylic acids is 1. The van der Waals surface area contributed by atoms with Crippen molar-refractivity contribution in [2.45, 2.75) is 19.4 Å². The minimum atomic E-state index is -0.687. The van der Waals surface area contributed by atoms with Crippen molar-refractivity contribution in [1.82, 2.24) is 14.9 Å². The lowest BCUT2D eigenvalue weighted by Gasteiger charge is -2.21. The lowest BCUT2D eigenvalue weighted by molar-refractivity contribution is 0.0666. The normalized spacial score (nSPS) is 16.9. The second kappa shape index (κ2) is 11.3. The van der Waals surface area contributed by atoms with Gasteiger partial charge < -0.3 is 19.7 Å². The van der Waals surface area contributed by atoms with Crippen molar-refractivity contribution in [3.63, 3.8) is 0 Å². The Balaban J connectivity index is 1.44. The summed E-state index contributed by atoms with van der Waals surface area (Å²) in [6.07, 6.45) is 3.42. The Morgan fingerprint density at radius 1 is 1.31 bits per heavy atom. The molecule has 4 rings (SSSR count). The molecule has 1 aromatic heterocycles. The number of aliphatic imine (C=N–C) groups is 1. The number of hydrogen-bond acceptors (Lipinski definition) is 8. The van der Waals surface area contributed by atoms with Crippen LogP contribution >= 0.6 is 23.2 Å². The van der Waals surface area contributed by atoms with Gasteiger partial charge in [0, 0.05) is 24.6 Å². The highest BCUT2D eigenvalue weighted by atomic mass is 35.5. The molecule has 0 fully saturated rings. The average Bonchev–Trinajstić information content (AvgIpc) is 3.16. The molecule has 0 aliphatic carbocycles. The van der Waals surface area contributed by atoms with Gasteiger partial charge in [-0.25, -0.2) is 9.37 Å². The van der Waals surface area contributed by atoms with Gasteiger partial charge in [0.15, 0.2) is 11.6 Å². The third kappa shape index (κ3) is 6.01. The SMILES string of the molecule is CC1=C2C(Oc3ccc(NC(=O)c4cc(Cl)cnc4Cl)cc3F)=NC=NN2CC1OCCCN(C)C. The van der Waals surface area contributed by atoms with Crippen molar-refractivity contribution >= 4 is 47.0 Å². The van der Waals surface area contributed by atoms with Crippen LogP contribution in [0, 0.1) is 5.82 Å². The molecular formula is C24H25Cl2FN6O3. The topological polar surface area (TPSA) is 91.6 Å². The van der Waals surface area contributed by atoms with E-state index in [9.17, 15) is 9.18 Å². The van der Waals surface area contributed by atoms with Crippen LogP contribution in [0.2, 0.25) is 10.2 Å². The zero-order chi connectivity index (χ0) is 25.8. The molecule has 3 heterocycles. The summed E-state index contributed by atoms with van der Waals surface area (Å²) < 4.78 is 26.8. The summed E-state index contributed by atoms with van der Waals surface area (Å²) in [6, 6.07) is 5.43. The molecule has 1 unspecified atom stereocenters. The van der Waals surface area contributed by atoms with E-state index in [-0.39, 0.29) is 39.2 Å². The van der Waals surface area contributed by atoms with Gasteiger partial charge >= 0.3 is 0 Å². The molecular weight excluding hydrogens is 510 g/mol. The first kappa shape index (κ1) is 26.0. The Kier molecular flexibility index (Phi) is 8.20. The molecule has 12 heteroatoms. The average molecular weight is 535 g/mol. The first-order valence-electron chi connectivity index (χ1n) is 11.2. The molecule has 0 saturated heterocycles. The highest BCUT2D eigenvalue weighted by Crippen LogP contribution is 2.31. The van der Waals surface area contributed by atoms with E-state index in [2.05, 4.69) is 25.3 Å². The molecule has 36 heavy (non-hydrogen) atoms. The summed E-state index contributed by atoms with van der Waals surface area (Å²) in [7, 11) is 4.04. The van der Waals surface area contributed by atoms with Crippen LogP contribution in [0.15, 0.2) is 51.8 Å². The summed E-state index contributed by atoms with van der Waals surface area (Å²) in [4.78, 5) is 22.7. The molecule has 9 nitrogen and oxygen atoms in total. The molecule has 1 amide bonds. The number of hydrazone groups is 1. The number of carbonyl (C=O) groups is 1. The molecule has 190 valence electrons. The Hall–Kier alpha value is -3.05. The third-order valence-electron chi connectivity index (χ3n) is 5.54.